The molecule has 4 rings (SSSR count). The molecule has 2 aromatic rings. The third-order valence-corrected chi connectivity index (χ3v) is 11.6. The van der Waals surface area contributed by atoms with Crippen molar-refractivity contribution in [1.29, 1.82) is 0 Å². The second-order valence-electron chi connectivity index (χ2n) is 11.3. The summed E-state index contributed by atoms with van der Waals surface area (Å²) in [5.74, 6) is 0. The van der Waals surface area contributed by atoms with Crippen LogP contribution in [0.2, 0.25) is 5.04 Å². The minimum Gasteiger partial charge on any atom is -0.444 e. The third kappa shape index (κ3) is 5.17. The fourth-order valence-corrected chi connectivity index (χ4v) is 9.70. The van der Waals surface area contributed by atoms with Crippen molar-refractivity contribution in [3.05, 3.63) is 60.7 Å². The number of aliphatic hydroxyl groups excluding tert-OH is 1. The molecule has 2 aromatic carbocycles. The second kappa shape index (κ2) is 9.67. The Hall–Kier alpha value is -2.23. The summed E-state index contributed by atoms with van der Waals surface area (Å²) >= 11 is 0. The normalized spacial score (nSPS) is 26.9. The van der Waals surface area contributed by atoms with Crippen molar-refractivity contribution in [2.75, 3.05) is 6.61 Å². The number of carbonyl (C=O) groups excluding carboxylic acids is 1. The number of aliphatic hydroxyl groups is 1. The number of ether oxygens (including phenoxy) is 3. The van der Waals surface area contributed by atoms with E-state index in [0.717, 1.165) is 10.4 Å². The van der Waals surface area contributed by atoms with Crippen LogP contribution in [0.5, 0.6) is 0 Å². The van der Waals surface area contributed by atoms with E-state index in [4.69, 9.17) is 18.6 Å². The van der Waals surface area contributed by atoms with Crippen molar-refractivity contribution in [1.82, 2.24) is 5.32 Å². The van der Waals surface area contributed by atoms with E-state index in [9.17, 15) is 9.90 Å². The molecule has 0 aliphatic carbocycles. The number of nitrogens with one attached hydrogen (secondary N) is 1. The Bertz CT molecular complexity index is 964. The molecule has 0 saturated carbocycles. The maximum atomic E-state index is 12.6. The van der Waals surface area contributed by atoms with Crippen molar-refractivity contribution in [2.45, 2.75) is 82.8 Å². The van der Waals surface area contributed by atoms with Crippen LogP contribution in [-0.4, -0.2) is 62.4 Å². The number of rotatable bonds is 5. The fourth-order valence-electron chi connectivity index (χ4n) is 5.03. The Morgan fingerprint density at radius 1 is 0.971 bits per heavy atom. The number of carbonyl (C=O) groups is 1. The Morgan fingerprint density at radius 3 is 2.00 bits per heavy atom. The van der Waals surface area contributed by atoms with Gasteiger partial charge in [-0.15, -0.1) is 0 Å². The number of amides is 1. The highest BCUT2D eigenvalue weighted by molar-refractivity contribution is 6.99. The van der Waals surface area contributed by atoms with Crippen LogP contribution in [0, 0.1) is 0 Å². The molecule has 0 spiro atoms. The van der Waals surface area contributed by atoms with Gasteiger partial charge in [0.2, 0.25) is 0 Å². The first-order valence-electron chi connectivity index (χ1n) is 12.2. The summed E-state index contributed by atoms with van der Waals surface area (Å²) < 4.78 is 24.6. The summed E-state index contributed by atoms with van der Waals surface area (Å²) in [7, 11) is -2.99. The highest BCUT2D eigenvalue weighted by Crippen LogP contribution is 2.40. The molecule has 2 fully saturated rings. The number of hydrogen-bond donors (Lipinski definition) is 2. The maximum absolute atomic E-state index is 12.6. The van der Waals surface area contributed by atoms with Gasteiger partial charge in [0.25, 0.3) is 8.32 Å². The van der Waals surface area contributed by atoms with Crippen LogP contribution in [0.3, 0.4) is 0 Å². The second-order valence-corrected chi connectivity index (χ2v) is 15.5. The summed E-state index contributed by atoms with van der Waals surface area (Å²) in [4.78, 5) is 12.6. The highest BCUT2D eigenvalue weighted by Gasteiger charge is 2.58. The fraction of sp³-hybridized carbons (Fsp3) is 0.519. The first-order valence-corrected chi connectivity index (χ1v) is 14.1. The van der Waals surface area contributed by atoms with Crippen LogP contribution in [0.15, 0.2) is 60.7 Å². The van der Waals surface area contributed by atoms with Crippen LogP contribution in [0.25, 0.3) is 0 Å². The van der Waals surface area contributed by atoms with Gasteiger partial charge >= 0.3 is 6.09 Å². The molecule has 2 bridgehead atoms. The Morgan fingerprint density at radius 2 is 1.51 bits per heavy atom. The molecule has 2 aliphatic rings. The predicted octanol–water partition coefficient (Wildman–Crippen LogP) is 2.94. The standard InChI is InChI=1S/C27H37NO6Si/c1-26(2,3)33-25(30)28-21-20-17-31-24(32-20)23(22(21)29)34-35(27(4,5)6,18-13-9-7-10-14-18)19-15-11-8-12-16-19/h7-16,20-24,29H,17H2,1-6H3,(H,28,30)/t20-,21-,22-,23+,24-/m1/s1. The molecule has 35 heavy (non-hydrogen) atoms. The maximum Gasteiger partial charge on any atom is 0.408 e. The van der Waals surface area contributed by atoms with Crippen LogP contribution >= 0.6 is 0 Å². The van der Waals surface area contributed by atoms with E-state index in [2.05, 4.69) is 50.4 Å². The lowest BCUT2D eigenvalue weighted by Crippen LogP contribution is -2.71. The zero-order chi connectivity index (χ0) is 25.4. The van der Waals surface area contributed by atoms with E-state index < -0.39 is 50.7 Å². The van der Waals surface area contributed by atoms with Crippen molar-refractivity contribution in [3.63, 3.8) is 0 Å². The first-order chi connectivity index (χ1) is 16.4. The number of fused-ring (bicyclic) bond motifs is 2. The van der Waals surface area contributed by atoms with Crippen molar-refractivity contribution in [3.8, 4) is 0 Å². The van der Waals surface area contributed by atoms with Crippen LogP contribution < -0.4 is 15.7 Å². The van der Waals surface area contributed by atoms with Gasteiger partial charge < -0.3 is 29.1 Å². The van der Waals surface area contributed by atoms with Gasteiger partial charge in [-0.3, -0.25) is 0 Å². The molecule has 0 unspecified atom stereocenters. The summed E-state index contributed by atoms with van der Waals surface area (Å²) in [5.41, 5.74) is -0.663. The minimum atomic E-state index is -2.99. The zero-order valence-corrected chi connectivity index (χ0v) is 22.4. The molecule has 2 aliphatic heterocycles. The lowest BCUT2D eigenvalue weighted by atomic mass is 9.98. The average Bonchev–Trinajstić information content (AvgIpc) is 3.22. The van der Waals surface area contributed by atoms with E-state index in [1.54, 1.807) is 20.8 Å². The van der Waals surface area contributed by atoms with Gasteiger partial charge in [0, 0.05) is 0 Å². The average molecular weight is 500 g/mol. The number of hydrogen-bond acceptors (Lipinski definition) is 6. The van der Waals surface area contributed by atoms with Crippen molar-refractivity contribution >= 4 is 24.8 Å². The largest absolute Gasteiger partial charge is 0.444 e. The van der Waals surface area contributed by atoms with Gasteiger partial charge in [0.05, 0.1) is 12.6 Å². The predicted molar refractivity (Wildman–Crippen MR) is 136 cm³/mol. The van der Waals surface area contributed by atoms with E-state index in [1.807, 2.05) is 36.4 Å². The topological polar surface area (TPSA) is 86.3 Å². The molecule has 5 atom stereocenters. The Balaban J connectivity index is 1.73. The minimum absolute atomic E-state index is 0.253. The molecular weight excluding hydrogens is 462 g/mol. The van der Waals surface area contributed by atoms with Crippen molar-refractivity contribution < 1.29 is 28.5 Å². The van der Waals surface area contributed by atoms with Gasteiger partial charge in [-0.05, 0) is 36.2 Å². The van der Waals surface area contributed by atoms with Crippen LogP contribution in [-0.2, 0) is 18.6 Å². The molecule has 0 radical (unpaired) electrons. The zero-order valence-electron chi connectivity index (χ0n) is 21.4. The summed E-state index contributed by atoms with van der Waals surface area (Å²) in [6, 6.07) is 19.7. The van der Waals surface area contributed by atoms with Gasteiger partial charge in [-0.25, -0.2) is 4.79 Å². The SMILES string of the molecule is CC(C)(C)OC(=O)N[C@H]1[C@@H](O)[C@H](O[Si](c2ccccc2)(c2ccccc2)C(C)(C)C)[C@@H]2OC[C@H]1O2. The first kappa shape index (κ1) is 25.8. The van der Waals surface area contributed by atoms with Crippen LogP contribution in [0.4, 0.5) is 4.79 Å². The number of benzene rings is 2. The van der Waals surface area contributed by atoms with E-state index in [-0.39, 0.29) is 11.6 Å². The van der Waals surface area contributed by atoms with E-state index in [0.29, 0.717) is 0 Å². The molecule has 2 N–H and O–H groups in total. The third-order valence-electron chi connectivity index (χ3n) is 6.52. The van der Waals surface area contributed by atoms with Gasteiger partial charge in [0.15, 0.2) is 6.29 Å². The molecule has 190 valence electrons. The molecular formula is C27H37NO6Si. The van der Waals surface area contributed by atoms with E-state index in [1.165, 1.54) is 0 Å². The number of alkyl carbamates (subject to hydrolysis) is 1. The Kier molecular flexibility index (Phi) is 7.14. The molecule has 2 saturated heterocycles. The van der Waals surface area contributed by atoms with Crippen LogP contribution in [0.1, 0.15) is 41.5 Å². The summed E-state index contributed by atoms with van der Waals surface area (Å²) in [6.45, 7) is 12.2. The molecule has 1 amide bonds. The monoisotopic (exact) mass is 499 g/mol. The van der Waals surface area contributed by atoms with Gasteiger partial charge in [-0.1, -0.05) is 81.4 Å². The highest BCUT2D eigenvalue weighted by atomic mass is 28.4. The summed E-state index contributed by atoms with van der Waals surface area (Å²) in [6.07, 6.45) is -3.68. The molecule has 0 aromatic heterocycles. The van der Waals surface area contributed by atoms with E-state index >= 15 is 0 Å². The lowest BCUT2D eigenvalue weighted by molar-refractivity contribution is -0.195. The lowest BCUT2D eigenvalue weighted by Gasteiger charge is -2.48. The smallest absolute Gasteiger partial charge is 0.408 e. The van der Waals surface area contributed by atoms with Gasteiger partial charge in [-0.2, -0.15) is 0 Å². The quantitative estimate of drug-likeness (QED) is 0.616. The molecule has 7 nitrogen and oxygen atoms in total. The van der Waals surface area contributed by atoms with Crippen molar-refractivity contribution in [2.24, 2.45) is 0 Å². The molecule has 8 heteroatoms. The van der Waals surface area contributed by atoms with Gasteiger partial charge in [0.1, 0.15) is 23.9 Å². The molecule has 2 heterocycles. The Labute approximate surface area is 208 Å². The summed E-state index contributed by atoms with van der Waals surface area (Å²) in [5, 5.41) is 16.2.